The molecule has 0 saturated carbocycles. The van der Waals surface area contributed by atoms with Gasteiger partial charge in [0.15, 0.2) is 0 Å². The molecule has 0 spiro atoms. The molecule has 2 rings (SSSR count). The molecule has 20 heavy (non-hydrogen) atoms. The lowest BCUT2D eigenvalue weighted by molar-refractivity contribution is 0.519. The predicted molar refractivity (Wildman–Crippen MR) is 90.5 cm³/mol. The first-order valence-corrected chi connectivity index (χ1v) is 8.07. The molecule has 1 N–H and O–H groups in total. The number of nitrogens with one attached hydrogen (secondary N) is 1. The molecule has 0 aliphatic heterocycles. The zero-order valence-corrected chi connectivity index (χ0v) is 14.3. The third-order valence-electron chi connectivity index (χ3n) is 3.16. The number of rotatable bonds is 5. The molecular weight excluding hydrogens is 357 g/mol. The van der Waals surface area contributed by atoms with Crippen molar-refractivity contribution >= 4 is 39.1 Å². The van der Waals surface area contributed by atoms with E-state index in [9.17, 15) is 0 Å². The van der Waals surface area contributed by atoms with Gasteiger partial charge in [0.25, 0.3) is 0 Å². The topological polar surface area (TPSA) is 12.0 Å². The van der Waals surface area contributed by atoms with Crippen molar-refractivity contribution in [1.29, 1.82) is 0 Å². The van der Waals surface area contributed by atoms with Crippen LogP contribution in [0, 0.1) is 0 Å². The normalized spacial score (nSPS) is 12.4. The molecule has 4 heteroatoms. The summed E-state index contributed by atoms with van der Waals surface area (Å²) in [5, 5.41) is 4.89. The van der Waals surface area contributed by atoms with E-state index in [2.05, 4.69) is 52.4 Å². The Morgan fingerprint density at radius 1 is 1.05 bits per heavy atom. The quantitative estimate of drug-likeness (QED) is 0.678. The van der Waals surface area contributed by atoms with Crippen LogP contribution in [0.4, 0.5) is 0 Å². The molecule has 0 saturated heterocycles. The van der Waals surface area contributed by atoms with Gasteiger partial charge in [0.1, 0.15) is 0 Å². The van der Waals surface area contributed by atoms with Crippen molar-refractivity contribution in [3.05, 3.63) is 68.1 Å². The van der Waals surface area contributed by atoms with Gasteiger partial charge in [-0.2, -0.15) is 0 Å². The van der Waals surface area contributed by atoms with Crippen LogP contribution in [0.15, 0.2) is 46.9 Å². The molecule has 2 aromatic rings. The van der Waals surface area contributed by atoms with Crippen LogP contribution in [0.1, 0.15) is 30.5 Å². The van der Waals surface area contributed by atoms with Gasteiger partial charge in [-0.15, -0.1) is 0 Å². The highest BCUT2D eigenvalue weighted by Crippen LogP contribution is 2.22. The molecule has 1 atom stereocenters. The molecule has 106 valence electrons. The molecule has 0 heterocycles. The van der Waals surface area contributed by atoms with Crippen molar-refractivity contribution in [3.8, 4) is 0 Å². The number of hydrogen-bond donors (Lipinski definition) is 1. The fourth-order valence-corrected chi connectivity index (χ4v) is 2.98. The smallest absolute Gasteiger partial charge is 0.0424 e. The summed E-state index contributed by atoms with van der Waals surface area (Å²) in [6.45, 7) is 2.92. The average Bonchev–Trinajstić information content (AvgIpc) is 2.40. The van der Waals surface area contributed by atoms with Gasteiger partial charge in [-0.25, -0.2) is 0 Å². The Hall–Kier alpha value is -0.540. The fraction of sp³-hybridized carbons (Fsp3) is 0.250. The molecule has 0 bridgehead atoms. The molecule has 1 unspecified atom stereocenters. The highest BCUT2D eigenvalue weighted by atomic mass is 79.9. The second-order valence-corrected chi connectivity index (χ2v) is 6.46. The van der Waals surface area contributed by atoms with Crippen LogP contribution < -0.4 is 5.32 Å². The van der Waals surface area contributed by atoms with Crippen LogP contribution in [-0.2, 0) is 6.54 Å². The van der Waals surface area contributed by atoms with Gasteiger partial charge < -0.3 is 5.32 Å². The fourth-order valence-electron chi connectivity index (χ4n) is 2.15. The summed E-state index contributed by atoms with van der Waals surface area (Å²) in [5.41, 5.74) is 2.38. The molecule has 0 radical (unpaired) electrons. The number of halogens is 3. The lowest BCUT2D eigenvalue weighted by atomic mass is 10.0. The van der Waals surface area contributed by atoms with Gasteiger partial charge in [0.2, 0.25) is 0 Å². The SMILES string of the molecule is CCC(NCc1cc(Cl)cc(Cl)c1)c1ccc(Br)cc1. The lowest BCUT2D eigenvalue weighted by Crippen LogP contribution is -2.20. The van der Waals surface area contributed by atoms with Crippen LogP contribution in [-0.4, -0.2) is 0 Å². The van der Waals surface area contributed by atoms with E-state index in [1.165, 1.54) is 5.56 Å². The largest absolute Gasteiger partial charge is 0.306 e. The lowest BCUT2D eigenvalue weighted by Gasteiger charge is -2.18. The minimum Gasteiger partial charge on any atom is -0.306 e. The van der Waals surface area contributed by atoms with Gasteiger partial charge in [-0.1, -0.05) is 58.2 Å². The maximum absolute atomic E-state index is 6.02. The minimum absolute atomic E-state index is 0.320. The van der Waals surface area contributed by atoms with Crippen molar-refractivity contribution in [1.82, 2.24) is 5.32 Å². The molecule has 0 aromatic heterocycles. The second kappa shape index (κ2) is 7.46. The van der Waals surface area contributed by atoms with Gasteiger partial charge in [-0.05, 0) is 47.9 Å². The van der Waals surface area contributed by atoms with Gasteiger partial charge in [0.05, 0.1) is 0 Å². The van der Waals surface area contributed by atoms with E-state index in [0.717, 1.165) is 23.0 Å². The van der Waals surface area contributed by atoms with E-state index in [1.54, 1.807) is 6.07 Å². The van der Waals surface area contributed by atoms with Crippen LogP contribution in [0.25, 0.3) is 0 Å². The minimum atomic E-state index is 0.320. The van der Waals surface area contributed by atoms with E-state index in [0.29, 0.717) is 16.1 Å². The number of benzene rings is 2. The third kappa shape index (κ3) is 4.49. The molecule has 0 amide bonds. The zero-order valence-electron chi connectivity index (χ0n) is 11.2. The maximum atomic E-state index is 6.02. The summed E-state index contributed by atoms with van der Waals surface area (Å²) in [5.74, 6) is 0. The molecule has 1 nitrogen and oxygen atoms in total. The van der Waals surface area contributed by atoms with E-state index in [4.69, 9.17) is 23.2 Å². The van der Waals surface area contributed by atoms with Gasteiger partial charge in [-0.3, -0.25) is 0 Å². The van der Waals surface area contributed by atoms with Crippen LogP contribution in [0.2, 0.25) is 10.0 Å². The summed E-state index contributed by atoms with van der Waals surface area (Å²) in [6.07, 6.45) is 1.02. The predicted octanol–water partition coefficient (Wildman–Crippen LogP) is 6.00. The average molecular weight is 373 g/mol. The second-order valence-electron chi connectivity index (χ2n) is 4.67. The third-order valence-corrected chi connectivity index (χ3v) is 4.12. The van der Waals surface area contributed by atoms with Crippen molar-refractivity contribution in [2.75, 3.05) is 0 Å². The summed E-state index contributed by atoms with van der Waals surface area (Å²) >= 11 is 15.5. The molecule has 0 aliphatic rings. The first-order chi connectivity index (χ1) is 9.58. The van der Waals surface area contributed by atoms with Crippen molar-refractivity contribution in [3.63, 3.8) is 0 Å². The summed E-state index contributed by atoms with van der Waals surface area (Å²) in [6, 6.07) is 14.3. The van der Waals surface area contributed by atoms with Crippen molar-refractivity contribution in [2.24, 2.45) is 0 Å². The Balaban J connectivity index is 2.05. The first kappa shape index (κ1) is 15.8. The van der Waals surface area contributed by atoms with Crippen LogP contribution in [0.5, 0.6) is 0 Å². The maximum Gasteiger partial charge on any atom is 0.0424 e. The Morgan fingerprint density at radius 2 is 1.65 bits per heavy atom. The molecule has 0 fully saturated rings. The van der Waals surface area contributed by atoms with Crippen LogP contribution >= 0.6 is 39.1 Å². The Bertz CT molecular complexity index is 549. The van der Waals surface area contributed by atoms with E-state index >= 15 is 0 Å². The summed E-state index contributed by atoms with van der Waals surface area (Å²) in [4.78, 5) is 0. The Labute approximate surface area is 138 Å². The van der Waals surface area contributed by atoms with Crippen molar-refractivity contribution < 1.29 is 0 Å². The van der Waals surface area contributed by atoms with Crippen LogP contribution in [0.3, 0.4) is 0 Å². The standard InChI is InChI=1S/C16H16BrCl2N/c1-2-16(12-3-5-13(17)6-4-12)20-10-11-7-14(18)9-15(19)8-11/h3-9,16,20H,2,10H2,1H3. The highest BCUT2D eigenvalue weighted by Gasteiger charge is 2.09. The highest BCUT2D eigenvalue weighted by molar-refractivity contribution is 9.10. The van der Waals surface area contributed by atoms with Gasteiger partial charge >= 0.3 is 0 Å². The monoisotopic (exact) mass is 371 g/mol. The van der Waals surface area contributed by atoms with E-state index < -0.39 is 0 Å². The van der Waals surface area contributed by atoms with E-state index in [-0.39, 0.29) is 0 Å². The summed E-state index contributed by atoms with van der Waals surface area (Å²) in [7, 11) is 0. The van der Waals surface area contributed by atoms with E-state index in [1.807, 2.05) is 12.1 Å². The Kier molecular flexibility index (Phi) is 5.91. The molecule has 0 aliphatic carbocycles. The summed E-state index contributed by atoms with van der Waals surface area (Å²) < 4.78 is 1.10. The first-order valence-electron chi connectivity index (χ1n) is 6.52. The zero-order chi connectivity index (χ0) is 14.5. The molecule has 2 aromatic carbocycles. The number of hydrogen-bond acceptors (Lipinski definition) is 1. The molecular formula is C16H16BrCl2N. The van der Waals surface area contributed by atoms with Crippen molar-refractivity contribution in [2.45, 2.75) is 25.9 Å². The Morgan fingerprint density at radius 3 is 2.20 bits per heavy atom. The van der Waals surface area contributed by atoms with Gasteiger partial charge in [0, 0.05) is 27.1 Å².